The Morgan fingerprint density at radius 2 is 0.690 bits per heavy atom. The van der Waals surface area contributed by atoms with E-state index in [-0.39, 0.29) is 0 Å². The molecule has 4 heteroatoms. The number of para-hydroxylation sites is 8. The third-order valence-corrected chi connectivity index (χ3v) is 5.19. The summed E-state index contributed by atoms with van der Waals surface area (Å²) < 4.78 is 0. The number of benzene rings is 4. The molecule has 4 aromatic rings. The first-order valence-corrected chi connectivity index (χ1v) is 9.70. The SMILES string of the molecule is CN1c2ccccc2Nc2ccccc21.c1ccc2c(c1)Nc1ccccc1N2. The molecule has 2 heterocycles. The Morgan fingerprint density at radius 3 is 1.07 bits per heavy atom. The van der Waals surface area contributed by atoms with Crippen molar-refractivity contribution in [2.24, 2.45) is 0 Å². The lowest BCUT2D eigenvalue weighted by Gasteiger charge is -2.30. The second kappa shape index (κ2) is 7.24. The second-order valence-corrected chi connectivity index (χ2v) is 7.06. The monoisotopic (exact) mass is 378 g/mol. The molecule has 3 N–H and O–H groups in total. The zero-order valence-corrected chi connectivity index (χ0v) is 16.2. The zero-order chi connectivity index (χ0) is 19.6. The average molecular weight is 378 g/mol. The maximum atomic E-state index is 3.43. The highest BCUT2D eigenvalue weighted by Crippen LogP contribution is 2.41. The number of fused-ring (bicyclic) bond motifs is 4. The van der Waals surface area contributed by atoms with Crippen LogP contribution in [-0.4, -0.2) is 7.05 Å². The summed E-state index contributed by atoms with van der Waals surface area (Å²) in [5.41, 5.74) is 9.29. The maximum absolute atomic E-state index is 3.43. The number of nitrogens with one attached hydrogen (secondary N) is 3. The van der Waals surface area contributed by atoms with E-state index in [4.69, 9.17) is 0 Å². The Balaban J connectivity index is 0.000000125. The van der Waals surface area contributed by atoms with Crippen LogP contribution in [0.25, 0.3) is 0 Å². The fourth-order valence-corrected chi connectivity index (χ4v) is 3.71. The molecule has 29 heavy (non-hydrogen) atoms. The maximum Gasteiger partial charge on any atom is 0.0647 e. The quantitative estimate of drug-likeness (QED) is 0.271. The van der Waals surface area contributed by atoms with E-state index in [1.54, 1.807) is 0 Å². The van der Waals surface area contributed by atoms with Crippen molar-refractivity contribution in [1.29, 1.82) is 0 Å². The van der Waals surface area contributed by atoms with Crippen LogP contribution in [0.1, 0.15) is 0 Å². The highest BCUT2D eigenvalue weighted by molar-refractivity contribution is 5.91. The summed E-state index contributed by atoms with van der Waals surface area (Å²) in [6, 6.07) is 33.1. The lowest BCUT2D eigenvalue weighted by Crippen LogP contribution is -2.17. The van der Waals surface area contributed by atoms with Gasteiger partial charge in [-0.15, -0.1) is 0 Å². The van der Waals surface area contributed by atoms with Gasteiger partial charge < -0.3 is 20.9 Å². The van der Waals surface area contributed by atoms with Gasteiger partial charge >= 0.3 is 0 Å². The van der Waals surface area contributed by atoms with Crippen LogP contribution in [0.3, 0.4) is 0 Å². The largest absolute Gasteiger partial charge is 0.352 e. The van der Waals surface area contributed by atoms with Gasteiger partial charge in [0, 0.05) is 7.05 Å². The van der Waals surface area contributed by atoms with Crippen molar-refractivity contribution < 1.29 is 0 Å². The van der Waals surface area contributed by atoms with E-state index in [2.05, 4.69) is 88.6 Å². The van der Waals surface area contributed by atoms with Gasteiger partial charge in [0.1, 0.15) is 0 Å². The number of rotatable bonds is 0. The first-order chi connectivity index (χ1) is 14.3. The fraction of sp³-hybridized carbons (Fsp3) is 0.0400. The normalized spacial score (nSPS) is 12.4. The summed E-state index contributed by atoms with van der Waals surface area (Å²) in [6.07, 6.45) is 0. The molecule has 0 unspecified atom stereocenters. The van der Waals surface area contributed by atoms with Crippen LogP contribution in [-0.2, 0) is 0 Å². The van der Waals surface area contributed by atoms with Crippen LogP contribution in [0.5, 0.6) is 0 Å². The first kappa shape index (κ1) is 17.2. The highest BCUT2D eigenvalue weighted by Gasteiger charge is 2.17. The van der Waals surface area contributed by atoms with Gasteiger partial charge in [-0.2, -0.15) is 0 Å². The Labute approximate surface area is 170 Å². The second-order valence-electron chi connectivity index (χ2n) is 7.06. The highest BCUT2D eigenvalue weighted by atomic mass is 15.2. The standard InChI is InChI=1S/C13H12N2.C12H10N2/c1-15-12-8-4-2-6-10(12)14-11-7-3-5-9-13(11)15;1-2-6-10-9(5-1)13-11-7-3-4-8-12(11)14-10/h2-9,14H,1H3;1-8,13-14H. The smallest absolute Gasteiger partial charge is 0.0647 e. The summed E-state index contributed by atoms with van der Waals surface area (Å²) in [7, 11) is 2.10. The van der Waals surface area contributed by atoms with Crippen LogP contribution in [0, 0.1) is 0 Å². The van der Waals surface area contributed by atoms with Crippen molar-refractivity contribution in [3.63, 3.8) is 0 Å². The van der Waals surface area contributed by atoms with Crippen molar-refractivity contribution in [3.8, 4) is 0 Å². The molecule has 0 radical (unpaired) electrons. The van der Waals surface area contributed by atoms with Gasteiger partial charge in [-0.1, -0.05) is 48.5 Å². The van der Waals surface area contributed by atoms with Crippen molar-refractivity contribution in [2.75, 3.05) is 27.9 Å². The van der Waals surface area contributed by atoms with Gasteiger partial charge in [0.25, 0.3) is 0 Å². The predicted molar refractivity (Wildman–Crippen MR) is 124 cm³/mol. The Hall–Kier alpha value is -3.92. The van der Waals surface area contributed by atoms with Crippen molar-refractivity contribution >= 4 is 45.5 Å². The third kappa shape index (κ3) is 3.25. The van der Waals surface area contributed by atoms with Gasteiger partial charge in [-0.05, 0) is 48.5 Å². The molecule has 2 aliphatic heterocycles. The number of hydrogen-bond donors (Lipinski definition) is 3. The molecule has 0 atom stereocenters. The Bertz CT molecular complexity index is 1040. The minimum atomic E-state index is 1.13. The third-order valence-electron chi connectivity index (χ3n) is 5.19. The molecule has 0 saturated heterocycles. The van der Waals surface area contributed by atoms with Gasteiger partial charge in [0.15, 0.2) is 0 Å². The summed E-state index contributed by atoms with van der Waals surface area (Å²) in [5.74, 6) is 0. The molecule has 4 nitrogen and oxygen atoms in total. The van der Waals surface area contributed by atoms with Crippen LogP contribution < -0.4 is 20.9 Å². The summed E-state index contributed by atoms with van der Waals surface area (Å²) >= 11 is 0. The zero-order valence-electron chi connectivity index (χ0n) is 16.2. The average Bonchev–Trinajstić information content (AvgIpc) is 2.78. The molecule has 6 rings (SSSR count). The lowest BCUT2D eigenvalue weighted by molar-refractivity contribution is 1.19. The van der Waals surface area contributed by atoms with E-state index in [1.165, 1.54) is 22.7 Å². The van der Waals surface area contributed by atoms with E-state index in [9.17, 15) is 0 Å². The minimum absolute atomic E-state index is 1.13. The van der Waals surface area contributed by atoms with E-state index < -0.39 is 0 Å². The van der Waals surface area contributed by atoms with Crippen molar-refractivity contribution in [1.82, 2.24) is 0 Å². The molecule has 0 amide bonds. The Morgan fingerprint density at radius 1 is 0.414 bits per heavy atom. The van der Waals surface area contributed by atoms with E-state index in [0.29, 0.717) is 0 Å². The number of anilines is 8. The molecule has 0 fully saturated rings. The molecular formula is C25H22N4. The van der Waals surface area contributed by atoms with Crippen LogP contribution in [0.2, 0.25) is 0 Å². The Kier molecular flexibility index (Phi) is 4.30. The van der Waals surface area contributed by atoms with Crippen molar-refractivity contribution in [2.45, 2.75) is 0 Å². The topological polar surface area (TPSA) is 39.3 Å². The van der Waals surface area contributed by atoms with Gasteiger partial charge in [0.2, 0.25) is 0 Å². The molecule has 0 spiro atoms. The fourth-order valence-electron chi connectivity index (χ4n) is 3.71. The number of hydrogen-bond acceptors (Lipinski definition) is 4. The van der Waals surface area contributed by atoms with Gasteiger partial charge in [-0.25, -0.2) is 0 Å². The minimum Gasteiger partial charge on any atom is -0.352 e. The first-order valence-electron chi connectivity index (χ1n) is 9.70. The predicted octanol–water partition coefficient (Wildman–Crippen LogP) is 7.00. The molecule has 0 bridgehead atoms. The van der Waals surface area contributed by atoms with E-state index in [1.807, 2.05) is 36.4 Å². The van der Waals surface area contributed by atoms with Crippen molar-refractivity contribution in [3.05, 3.63) is 97.1 Å². The van der Waals surface area contributed by atoms with Gasteiger partial charge in [0.05, 0.1) is 45.5 Å². The summed E-state index contributed by atoms with van der Waals surface area (Å²) in [4.78, 5) is 2.21. The molecule has 142 valence electrons. The summed E-state index contributed by atoms with van der Waals surface area (Å²) in [5, 5.41) is 10.2. The molecular weight excluding hydrogens is 356 g/mol. The lowest BCUT2D eigenvalue weighted by atomic mass is 10.1. The van der Waals surface area contributed by atoms with E-state index in [0.717, 1.165) is 22.7 Å². The molecule has 0 aliphatic carbocycles. The van der Waals surface area contributed by atoms with Gasteiger partial charge in [-0.3, -0.25) is 0 Å². The molecule has 4 aromatic carbocycles. The number of nitrogens with zero attached hydrogens (tertiary/aromatic N) is 1. The molecule has 2 aliphatic rings. The summed E-state index contributed by atoms with van der Waals surface area (Å²) in [6.45, 7) is 0. The van der Waals surface area contributed by atoms with Crippen LogP contribution >= 0.6 is 0 Å². The molecule has 0 aromatic heterocycles. The molecule has 0 saturated carbocycles. The van der Waals surface area contributed by atoms with Crippen LogP contribution in [0.15, 0.2) is 97.1 Å². The van der Waals surface area contributed by atoms with Crippen LogP contribution in [0.4, 0.5) is 45.5 Å². The van der Waals surface area contributed by atoms with E-state index >= 15 is 0 Å².